The van der Waals surface area contributed by atoms with Gasteiger partial charge in [-0.3, -0.25) is 14.4 Å². The van der Waals surface area contributed by atoms with Crippen molar-refractivity contribution in [3.05, 3.63) is 34.1 Å². The first-order valence-electron chi connectivity index (χ1n) is 9.59. The van der Waals surface area contributed by atoms with E-state index in [1.165, 1.54) is 6.07 Å². The molecule has 6 nitrogen and oxygen atoms in total. The van der Waals surface area contributed by atoms with Crippen LogP contribution in [-0.2, 0) is 14.4 Å². The van der Waals surface area contributed by atoms with Gasteiger partial charge in [0, 0.05) is 12.1 Å². The second-order valence-corrected chi connectivity index (χ2v) is 8.22. The fourth-order valence-corrected chi connectivity index (χ4v) is 3.15. The van der Waals surface area contributed by atoms with Gasteiger partial charge in [-0.05, 0) is 45.2 Å². The number of rotatable bonds is 7. The smallest absolute Gasteiger partial charge is 0.261 e. The number of allylic oxidation sites excluding steroid dienone is 1. The van der Waals surface area contributed by atoms with E-state index in [1.807, 2.05) is 0 Å². The van der Waals surface area contributed by atoms with E-state index in [-0.39, 0.29) is 28.7 Å². The molecule has 0 spiro atoms. The highest BCUT2D eigenvalue weighted by atomic mass is 35.5. The van der Waals surface area contributed by atoms with Crippen LogP contribution < -0.4 is 15.5 Å². The van der Waals surface area contributed by atoms with E-state index in [9.17, 15) is 18.8 Å². The van der Waals surface area contributed by atoms with Gasteiger partial charge >= 0.3 is 0 Å². The largest absolute Gasteiger partial charge is 0.373 e. The van der Waals surface area contributed by atoms with Crippen molar-refractivity contribution < 1.29 is 18.8 Å². The number of carbonyl (C=O) groups excluding carboxylic acids is 3. The minimum absolute atomic E-state index is 0.0506. The molecule has 0 radical (unpaired) electrons. The summed E-state index contributed by atoms with van der Waals surface area (Å²) in [7, 11) is 0. The molecule has 29 heavy (non-hydrogen) atoms. The van der Waals surface area contributed by atoms with E-state index < -0.39 is 23.7 Å². The monoisotopic (exact) mass is 423 g/mol. The van der Waals surface area contributed by atoms with Gasteiger partial charge in [0.15, 0.2) is 0 Å². The van der Waals surface area contributed by atoms with Crippen molar-refractivity contribution in [1.29, 1.82) is 0 Å². The molecule has 2 N–H and O–H groups in total. The molecular formula is C21H27ClFN3O3. The van der Waals surface area contributed by atoms with E-state index in [0.29, 0.717) is 23.6 Å². The Bertz CT molecular complexity index is 863. The molecule has 1 aliphatic heterocycles. The molecule has 1 unspecified atom stereocenters. The number of halogens is 2. The van der Waals surface area contributed by atoms with Gasteiger partial charge in [0.1, 0.15) is 11.9 Å². The van der Waals surface area contributed by atoms with Gasteiger partial charge in [-0.15, -0.1) is 0 Å². The highest BCUT2D eigenvalue weighted by Gasteiger charge is 2.37. The number of anilines is 2. The highest BCUT2D eigenvalue weighted by Crippen LogP contribution is 2.35. The summed E-state index contributed by atoms with van der Waals surface area (Å²) >= 11 is 6.12. The molecule has 0 saturated carbocycles. The van der Waals surface area contributed by atoms with Crippen molar-refractivity contribution in [2.24, 2.45) is 5.92 Å². The third-order valence-corrected chi connectivity index (χ3v) is 5.02. The molecular weight excluding hydrogens is 397 g/mol. The molecule has 0 aliphatic carbocycles. The Morgan fingerprint density at radius 3 is 2.45 bits per heavy atom. The van der Waals surface area contributed by atoms with Crippen LogP contribution in [0.4, 0.5) is 15.8 Å². The molecule has 0 bridgehead atoms. The predicted octanol–water partition coefficient (Wildman–Crippen LogP) is 4.04. The maximum atomic E-state index is 14.5. The number of hydrogen-bond acceptors (Lipinski definition) is 4. The first kappa shape index (κ1) is 22.9. The third kappa shape index (κ3) is 5.35. The first-order valence-corrected chi connectivity index (χ1v) is 9.97. The summed E-state index contributed by atoms with van der Waals surface area (Å²) in [5.74, 6) is -1.59. The highest BCUT2D eigenvalue weighted by molar-refractivity contribution is 6.34. The summed E-state index contributed by atoms with van der Waals surface area (Å²) in [5.41, 5.74) is 1.15. The summed E-state index contributed by atoms with van der Waals surface area (Å²) in [6.07, 6.45) is 0.784. The van der Waals surface area contributed by atoms with E-state index in [0.717, 1.165) is 17.4 Å². The van der Waals surface area contributed by atoms with Crippen LogP contribution in [0.1, 0.15) is 47.5 Å². The topological polar surface area (TPSA) is 78.5 Å². The van der Waals surface area contributed by atoms with Crippen molar-refractivity contribution in [3.63, 3.8) is 0 Å². The van der Waals surface area contributed by atoms with Crippen LogP contribution in [0.3, 0.4) is 0 Å². The SMILES string of the molecule is CC(C)=C1CC(=O)N(c2cc(NC(C)C(=O)NCCC(C)C)c(Cl)cc2F)C1=O. The molecule has 1 heterocycles. The molecule has 1 atom stereocenters. The lowest BCUT2D eigenvalue weighted by molar-refractivity contribution is -0.122. The fraction of sp³-hybridized carbons (Fsp3) is 0.476. The Hall–Kier alpha value is -2.41. The number of hydrogen-bond donors (Lipinski definition) is 2. The average molecular weight is 424 g/mol. The van der Waals surface area contributed by atoms with E-state index in [1.54, 1.807) is 20.8 Å². The Labute approximate surface area is 175 Å². The van der Waals surface area contributed by atoms with Gasteiger partial charge in [-0.25, -0.2) is 9.29 Å². The molecule has 3 amide bonds. The molecule has 2 rings (SSSR count). The van der Waals surface area contributed by atoms with Crippen LogP contribution in [0, 0.1) is 11.7 Å². The fourth-order valence-electron chi connectivity index (χ4n) is 2.94. The number of nitrogens with zero attached hydrogens (tertiary/aromatic N) is 1. The molecule has 1 aliphatic rings. The predicted molar refractivity (Wildman–Crippen MR) is 112 cm³/mol. The molecule has 1 aromatic rings. The average Bonchev–Trinajstić information content (AvgIpc) is 2.91. The number of benzene rings is 1. The lowest BCUT2D eigenvalue weighted by Crippen LogP contribution is -2.38. The minimum atomic E-state index is -0.786. The quantitative estimate of drug-likeness (QED) is 0.512. The first-order chi connectivity index (χ1) is 13.5. The molecule has 1 saturated heterocycles. The molecule has 1 aromatic carbocycles. The maximum absolute atomic E-state index is 14.5. The lowest BCUT2D eigenvalue weighted by atomic mass is 10.1. The Morgan fingerprint density at radius 1 is 1.24 bits per heavy atom. The number of nitrogens with one attached hydrogen (secondary N) is 2. The Balaban J connectivity index is 2.24. The number of carbonyl (C=O) groups is 3. The second-order valence-electron chi connectivity index (χ2n) is 7.81. The van der Waals surface area contributed by atoms with Crippen LogP contribution in [0.15, 0.2) is 23.3 Å². The van der Waals surface area contributed by atoms with Crippen molar-refractivity contribution in [3.8, 4) is 0 Å². The Kier molecular flexibility index (Phi) is 7.41. The summed E-state index contributed by atoms with van der Waals surface area (Å²) in [6, 6.07) is 1.68. The van der Waals surface area contributed by atoms with Gasteiger partial charge in [0.2, 0.25) is 11.8 Å². The van der Waals surface area contributed by atoms with E-state index in [2.05, 4.69) is 24.5 Å². The van der Waals surface area contributed by atoms with Gasteiger partial charge < -0.3 is 10.6 Å². The van der Waals surface area contributed by atoms with Crippen LogP contribution in [-0.4, -0.2) is 30.3 Å². The van der Waals surface area contributed by atoms with Crippen LogP contribution in [0.2, 0.25) is 5.02 Å². The number of amides is 3. The van der Waals surface area contributed by atoms with Crippen LogP contribution >= 0.6 is 11.6 Å². The summed E-state index contributed by atoms with van der Waals surface area (Å²) in [5, 5.41) is 5.81. The zero-order valence-electron chi connectivity index (χ0n) is 17.4. The normalized spacial score (nSPS) is 15.2. The summed E-state index contributed by atoms with van der Waals surface area (Å²) < 4.78 is 14.5. The van der Waals surface area contributed by atoms with E-state index in [4.69, 9.17) is 11.6 Å². The summed E-state index contributed by atoms with van der Waals surface area (Å²) in [6.45, 7) is 9.79. The standard InChI is InChI=1S/C21H27ClFN3O3/c1-11(2)6-7-24-20(28)13(5)25-17-10-18(16(23)9-15(17)22)26-19(27)8-14(12(3)4)21(26)29/h9-11,13,25H,6-8H2,1-5H3,(H,24,28). The maximum Gasteiger partial charge on any atom is 0.261 e. The van der Waals surface area contributed by atoms with Crippen molar-refractivity contribution in [2.75, 3.05) is 16.8 Å². The molecule has 8 heteroatoms. The zero-order valence-corrected chi connectivity index (χ0v) is 18.1. The van der Waals surface area contributed by atoms with Crippen molar-refractivity contribution >= 4 is 40.7 Å². The van der Waals surface area contributed by atoms with Gasteiger partial charge in [0.05, 0.1) is 22.8 Å². The van der Waals surface area contributed by atoms with E-state index >= 15 is 0 Å². The third-order valence-electron chi connectivity index (χ3n) is 4.71. The summed E-state index contributed by atoms with van der Waals surface area (Å²) in [4.78, 5) is 38.0. The van der Waals surface area contributed by atoms with Crippen LogP contribution in [0.5, 0.6) is 0 Å². The minimum Gasteiger partial charge on any atom is -0.373 e. The van der Waals surface area contributed by atoms with Crippen LogP contribution in [0.25, 0.3) is 0 Å². The Morgan fingerprint density at radius 2 is 1.90 bits per heavy atom. The van der Waals surface area contributed by atoms with Gasteiger partial charge in [-0.1, -0.05) is 31.0 Å². The zero-order chi connectivity index (χ0) is 21.9. The van der Waals surface area contributed by atoms with Crippen molar-refractivity contribution in [2.45, 2.75) is 53.5 Å². The van der Waals surface area contributed by atoms with Gasteiger partial charge in [-0.2, -0.15) is 0 Å². The molecule has 0 aromatic heterocycles. The molecule has 1 fully saturated rings. The van der Waals surface area contributed by atoms with Crippen molar-refractivity contribution in [1.82, 2.24) is 5.32 Å². The number of imide groups is 1. The van der Waals surface area contributed by atoms with Gasteiger partial charge in [0.25, 0.3) is 5.91 Å². The second kappa shape index (κ2) is 9.39. The molecule has 158 valence electrons. The lowest BCUT2D eigenvalue weighted by Gasteiger charge is -2.20.